The molecule has 3 aromatic carbocycles. The van der Waals surface area contributed by atoms with Crippen LogP contribution in [0.15, 0.2) is 72.8 Å². The van der Waals surface area contributed by atoms with Gasteiger partial charge in [0, 0.05) is 10.9 Å². The van der Waals surface area contributed by atoms with Crippen molar-refractivity contribution in [3.8, 4) is 0 Å². The van der Waals surface area contributed by atoms with E-state index in [9.17, 15) is 9.59 Å². The van der Waals surface area contributed by atoms with Gasteiger partial charge in [0.15, 0.2) is 0 Å². The van der Waals surface area contributed by atoms with E-state index in [0.29, 0.717) is 10.7 Å². The van der Waals surface area contributed by atoms with Gasteiger partial charge in [0.05, 0.1) is 17.5 Å². The normalized spacial score (nSPS) is 28.9. The minimum Gasteiger partial charge on any atom is -0.274 e. The smallest absolute Gasteiger partial charge is 0.240 e. The van der Waals surface area contributed by atoms with Gasteiger partial charge < -0.3 is 0 Å². The second-order valence-corrected chi connectivity index (χ2v) is 8.89. The summed E-state index contributed by atoms with van der Waals surface area (Å²) in [6.07, 6.45) is 0. The largest absolute Gasteiger partial charge is 0.274 e. The lowest BCUT2D eigenvalue weighted by Crippen LogP contribution is -2.50. The van der Waals surface area contributed by atoms with Gasteiger partial charge in [0.25, 0.3) is 0 Å². The number of benzene rings is 3. The average molecular weight is 420 g/mol. The van der Waals surface area contributed by atoms with E-state index in [1.54, 1.807) is 24.3 Å². The topological polar surface area (TPSA) is 37.4 Å². The molecule has 142 valence electrons. The van der Waals surface area contributed by atoms with E-state index in [4.69, 9.17) is 23.2 Å². The second-order valence-electron chi connectivity index (χ2n) is 7.86. The Labute approximate surface area is 177 Å². The van der Waals surface area contributed by atoms with Crippen molar-refractivity contribution in [1.82, 2.24) is 0 Å². The van der Waals surface area contributed by atoms with E-state index >= 15 is 0 Å². The Morgan fingerprint density at radius 3 is 2.03 bits per heavy atom. The molecule has 4 aliphatic rings. The Morgan fingerprint density at radius 2 is 1.41 bits per heavy atom. The van der Waals surface area contributed by atoms with Crippen LogP contribution >= 0.6 is 23.2 Å². The average Bonchev–Trinajstić information content (AvgIpc) is 3.00. The van der Waals surface area contributed by atoms with Gasteiger partial charge in [-0.15, -0.1) is 11.6 Å². The number of nitrogens with zero attached hydrogens (tertiary/aromatic N) is 1. The maximum Gasteiger partial charge on any atom is 0.240 e. The summed E-state index contributed by atoms with van der Waals surface area (Å²) in [5.41, 5.74) is 4.43. The summed E-state index contributed by atoms with van der Waals surface area (Å²) in [4.78, 5) is 27.5. The van der Waals surface area contributed by atoms with E-state index in [2.05, 4.69) is 0 Å². The lowest BCUT2D eigenvalue weighted by Gasteiger charge is -2.50. The zero-order chi connectivity index (χ0) is 19.9. The number of halogens is 2. The zero-order valence-corrected chi connectivity index (χ0v) is 16.7. The molecule has 1 saturated heterocycles. The van der Waals surface area contributed by atoms with Gasteiger partial charge in [0.2, 0.25) is 11.8 Å². The molecule has 5 heteroatoms. The number of rotatable bonds is 1. The lowest BCUT2D eigenvalue weighted by atomic mass is 9.54. The minimum atomic E-state index is -1.06. The highest BCUT2D eigenvalue weighted by molar-refractivity contribution is 6.34. The first-order valence-electron chi connectivity index (χ1n) is 9.54. The number of imide groups is 1. The fraction of sp³-hybridized carbons (Fsp3) is 0.167. The summed E-state index contributed by atoms with van der Waals surface area (Å²) in [5.74, 6) is -1.82. The maximum atomic E-state index is 13.7. The van der Waals surface area contributed by atoms with Gasteiger partial charge >= 0.3 is 0 Å². The third-order valence-corrected chi connectivity index (χ3v) is 7.46. The van der Waals surface area contributed by atoms with Gasteiger partial charge in [0.1, 0.15) is 4.87 Å². The molecule has 2 bridgehead atoms. The van der Waals surface area contributed by atoms with E-state index < -0.39 is 16.7 Å². The molecule has 0 unspecified atom stereocenters. The fourth-order valence-electron chi connectivity index (χ4n) is 5.55. The quantitative estimate of drug-likeness (QED) is 0.407. The minimum absolute atomic E-state index is 0.186. The van der Waals surface area contributed by atoms with Crippen molar-refractivity contribution in [2.24, 2.45) is 11.8 Å². The molecule has 7 rings (SSSR count). The third kappa shape index (κ3) is 2.00. The SMILES string of the molecule is O=C1[C@H]2C3c4ccccc4C(Cl)(c4ccccc43)[C@H]2C(=O)N1c1cccc(Cl)c1. The molecule has 3 aromatic rings. The number of alkyl halides is 1. The molecular formula is C24H15Cl2NO2. The summed E-state index contributed by atoms with van der Waals surface area (Å²) in [5, 5.41) is 0.480. The van der Waals surface area contributed by atoms with Crippen molar-refractivity contribution in [1.29, 1.82) is 0 Å². The highest BCUT2D eigenvalue weighted by Gasteiger charge is 2.67. The van der Waals surface area contributed by atoms with Crippen LogP contribution in [-0.2, 0) is 14.5 Å². The standard InChI is InChI=1S/C24H15Cl2NO2/c25-13-6-5-7-14(12-13)27-22(28)20-19-15-8-1-3-10-17(15)24(26,21(20)23(27)29)18-11-4-2-9-16(18)19/h1-12,19-21H/t19?,20-,21+,24?/m0/s1. The molecule has 3 aliphatic carbocycles. The second kappa shape index (κ2) is 5.71. The maximum absolute atomic E-state index is 13.7. The van der Waals surface area contributed by atoms with Gasteiger partial charge in [-0.3, -0.25) is 9.59 Å². The molecule has 0 radical (unpaired) electrons. The van der Waals surface area contributed by atoms with Crippen molar-refractivity contribution >= 4 is 40.7 Å². The molecule has 1 aliphatic heterocycles. The number of carbonyl (C=O) groups is 2. The van der Waals surface area contributed by atoms with E-state index in [-0.39, 0.29) is 17.7 Å². The van der Waals surface area contributed by atoms with Crippen LogP contribution < -0.4 is 4.90 Å². The highest BCUT2D eigenvalue weighted by Crippen LogP contribution is 2.65. The lowest BCUT2D eigenvalue weighted by molar-refractivity contribution is -0.122. The van der Waals surface area contributed by atoms with Crippen LogP contribution in [0.3, 0.4) is 0 Å². The van der Waals surface area contributed by atoms with Gasteiger partial charge in [-0.1, -0.05) is 66.2 Å². The molecule has 1 fully saturated rings. The molecule has 3 nitrogen and oxygen atoms in total. The van der Waals surface area contributed by atoms with Crippen LogP contribution in [0.25, 0.3) is 0 Å². The van der Waals surface area contributed by atoms with Crippen molar-refractivity contribution in [3.05, 3.63) is 100 Å². The Kier molecular flexibility index (Phi) is 3.40. The van der Waals surface area contributed by atoms with E-state index in [0.717, 1.165) is 22.3 Å². The molecule has 0 N–H and O–H groups in total. The summed E-state index contributed by atoms with van der Waals surface area (Å²) in [6, 6.07) is 22.7. The van der Waals surface area contributed by atoms with Crippen LogP contribution in [0, 0.1) is 11.8 Å². The highest BCUT2D eigenvalue weighted by atomic mass is 35.5. The number of hydrogen-bond donors (Lipinski definition) is 0. The van der Waals surface area contributed by atoms with E-state index in [1.807, 2.05) is 48.5 Å². The van der Waals surface area contributed by atoms with Crippen molar-refractivity contribution < 1.29 is 9.59 Å². The number of anilines is 1. The molecule has 0 aromatic heterocycles. The summed E-state index contributed by atoms with van der Waals surface area (Å²) >= 11 is 13.5. The van der Waals surface area contributed by atoms with E-state index in [1.165, 1.54) is 4.90 Å². The van der Waals surface area contributed by atoms with Gasteiger partial charge in [-0.05, 0) is 40.5 Å². The predicted octanol–water partition coefficient (Wildman–Crippen LogP) is 5.09. The molecule has 2 amide bonds. The summed E-state index contributed by atoms with van der Waals surface area (Å²) in [6.45, 7) is 0. The van der Waals surface area contributed by atoms with Gasteiger partial charge in [-0.2, -0.15) is 0 Å². The van der Waals surface area contributed by atoms with Crippen LogP contribution in [0.4, 0.5) is 5.69 Å². The van der Waals surface area contributed by atoms with Gasteiger partial charge in [-0.25, -0.2) is 4.90 Å². The summed E-state index contributed by atoms with van der Waals surface area (Å²) in [7, 11) is 0. The molecule has 29 heavy (non-hydrogen) atoms. The molecule has 2 atom stereocenters. The first kappa shape index (κ1) is 17.3. The monoisotopic (exact) mass is 419 g/mol. The van der Waals surface area contributed by atoms with Crippen LogP contribution in [0.1, 0.15) is 28.2 Å². The number of carbonyl (C=O) groups excluding carboxylic acids is 2. The van der Waals surface area contributed by atoms with Crippen molar-refractivity contribution in [3.63, 3.8) is 0 Å². The fourth-order valence-corrected chi connectivity index (χ4v) is 6.31. The molecular weight excluding hydrogens is 405 g/mol. The first-order chi connectivity index (χ1) is 14.0. The van der Waals surface area contributed by atoms with Crippen LogP contribution in [0.2, 0.25) is 5.02 Å². The number of amides is 2. The summed E-state index contributed by atoms with van der Waals surface area (Å²) < 4.78 is 0. The molecule has 0 saturated carbocycles. The molecule has 1 heterocycles. The first-order valence-corrected chi connectivity index (χ1v) is 10.3. The number of hydrogen-bond acceptors (Lipinski definition) is 2. The predicted molar refractivity (Wildman–Crippen MR) is 112 cm³/mol. The van der Waals surface area contributed by atoms with Crippen molar-refractivity contribution in [2.45, 2.75) is 10.8 Å². The zero-order valence-electron chi connectivity index (χ0n) is 15.2. The molecule has 0 spiro atoms. The van der Waals surface area contributed by atoms with Crippen LogP contribution in [0.5, 0.6) is 0 Å². The Hall–Kier alpha value is -2.62. The van der Waals surface area contributed by atoms with Crippen LogP contribution in [-0.4, -0.2) is 11.8 Å². The Balaban J connectivity index is 1.63. The Bertz CT molecular complexity index is 1170. The third-order valence-electron chi connectivity index (χ3n) is 6.58. The van der Waals surface area contributed by atoms with Crippen molar-refractivity contribution in [2.75, 3.05) is 4.90 Å². The Morgan fingerprint density at radius 1 is 0.793 bits per heavy atom.